The van der Waals surface area contributed by atoms with Crippen LogP contribution in [0.15, 0.2) is 28.7 Å². The molecule has 18 heavy (non-hydrogen) atoms. The van der Waals surface area contributed by atoms with Gasteiger partial charge in [-0.25, -0.2) is 0 Å². The lowest BCUT2D eigenvalue weighted by Gasteiger charge is -2.19. The Morgan fingerprint density at radius 2 is 2.17 bits per heavy atom. The number of ether oxygens (including phenoxy) is 1. The van der Waals surface area contributed by atoms with Gasteiger partial charge in [0, 0.05) is 23.2 Å². The summed E-state index contributed by atoms with van der Waals surface area (Å²) in [7, 11) is 0. The van der Waals surface area contributed by atoms with Crippen molar-refractivity contribution in [3.8, 4) is 0 Å². The number of Topliss-reactive ketones (excluding diaryl/α,β-unsaturated/α-hetero) is 1. The lowest BCUT2D eigenvalue weighted by atomic mass is 10.1. The number of rotatable bonds is 8. The molecule has 1 aromatic carbocycles. The number of carbonyl (C=O) groups excluding carboxylic acids is 1. The van der Waals surface area contributed by atoms with Gasteiger partial charge in [-0.3, -0.25) is 9.69 Å². The number of ketones is 1. The zero-order valence-corrected chi connectivity index (χ0v) is 12.6. The minimum atomic E-state index is 0.148. The van der Waals surface area contributed by atoms with E-state index in [-0.39, 0.29) is 5.78 Å². The van der Waals surface area contributed by atoms with Crippen LogP contribution in [0.5, 0.6) is 0 Å². The van der Waals surface area contributed by atoms with E-state index in [1.165, 1.54) is 0 Å². The van der Waals surface area contributed by atoms with Gasteiger partial charge in [0.15, 0.2) is 5.78 Å². The van der Waals surface area contributed by atoms with Gasteiger partial charge in [-0.2, -0.15) is 0 Å². The van der Waals surface area contributed by atoms with Gasteiger partial charge in [-0.05, 0) is 25.6 Å². The number of benzene rings is 1. The second kappa shape index (κ2) is 8.40. The topological polar surface area (TPSA) is 29.5 Å². The number of hydrogen-bond donors (Lipinski definition) is 0. The van der Waals surface area contributed by atoms with E-state index in [1.54, 1.807) is 0 Å². The number of carbonyl (C=O) groups is 1. The summed E-state index contributed by atoms with van der Waals surface area (Å²) in [5.41, 5.74) is 0.749. The number of hydrogen-bond acceptors (Lipinski definition) is 3. The van der Waals surface area contributed by atoms with Crippen molar-refractivity contribution in [2.75, 3.05) is 32.8 Å². The number of halogens is 1. The Morgan fingerprint density at radius 3 is 2.78 bits per heavy atom. The highest BCUT2D eigenvalue weighted by atomic mass is 79.9. The van der Waals surface area contributed by atoms with E-state index >= 15 is 0 Å². The highest BCUT2D eigenvalue weighted by Gasteiger charge is 2.11. The van der Waals surface area contributed by atoms with Crippen molar-refractivity contribution in [3.63, 3.8) is 0 Å². The third-order valence-electron chi connectivity index (χ3n) is 2.72. The molecule has 4 heteroatoms. The zero-order valence-electron chi connectivity index (χ0n) is 11.0. The quantitative estimate of drug-likeness (QED) is 0.546. The molecule has 3 nitrogen and oxygen atoms in total. The molecule has 0 unspecified atom stereocenters. The van der Waals surface area contributed by atoms with E-state index in [1.807, 2.05) is 31.2 Å². The van der Waals surface area contributed by atoms with Crippen LogP contribution in [0.25, 0.3) is 0 Å². The van der Waals surface area contributed by atoms with Gasteiger partial charge in [0.2, 0.25) is 0 Å². The summed E-state index contributed by atoms with van der Waals surface area (Å²) in [4.78, 5) is 14.2. The first-order valence-electron chi connectivity index (χ1n) is 6.26. The molecular weight excluding hydrogens is 294 g/mol. The van der Waals surface area contributed by atoms with E-state index in [9.17, 15) is 4.79 Å². The minimum absolute atomic E-state index is 0.148. The van der Waals surface area contributed by atoms with Crippen molar-refractivity contribution in [2.45, 2.75) is 13.8 Å². The summed E-state index contributed by atoms with van der Waals surface area (Å²) >= 11 is 3.38. The van der Waals surface area contributed by atoms with Crippen LogP contribution in [0.4, 0.5) is 0 Å². The monoisotopic (exact) mass is 313 g/mol. The number of nitrogens with zero attached hydrogens (tertiary/aromatic N) is 1. The molecule has 0 aliphatic heterocycles. The molecule has 0 heterocycles. The maximum Gasteiger partial charge on any atom is 0.176 e. The molecule has 0 amide bonds. The third-order valence-corrected chi connectivity index (χ3v) is 3.21. The van der Waals surface area contributed by atoms with E-state index in [2.05, 4.69) is 27.8 Å². The summed E-state index contributed by atoms with van der Waals surface area (Å²) in [5, 5.41) is 0. The largest absolute Gasteiger partial charge is 0.380 e. The van der Waals surface area contributed by atoms with Gasteiger partial charge in [0.05, 0.1) is 13.2 Å². The van der Waals surface area contributed by atoms with Crippen molar-refractivity contribution in [1.82, 2.24) is 4.90 Å². The van der Waals surface area contributed by atoms with Gasteiger partial charge in [-0.1, -0.05) is 35.0 Å². The van der Waals surface area contributed by atoms with E-state index in [0.29, 0.717) is 13.2 Å². The Labute approximate surface area is 117 Å². The Hall–Kier alpha value is -0.710. The van der Waals surface area contributed by atoms with Crippen molar-refractivity contribution < 1.29 is 9.53 Å². The Morgan fingerprint density at radius 1 is 1.39 bits per heavy atom. The fourth-order valence-electron chi connectivity index (χ4n) is 1.64. The molecule has 0 aliphatic carbocycles. The van der Waals surface area contributed by atoms with Gasteiger partial charge in [0.25, 0.3) is 0 Å². The van der Waals surface area contributed by atoms with Crippen molar-refractivity contribution in [2.24, 2.45) is 0 Å². The molecule has 0 aromatic heterocycles. The van der Waals surface area contributed by atoms with Crippen LogP contribution in [0, 0.1) is 0 Å². The molecule has 0 fully saturated rings. The lowest BCUT2D eigenvalue weighted by Crippen LogP contribution is -2.32. The van der Waals surface area contributed by atoms with E-state index in [4.69, 9.17) is 4.74 Å². The zero-order chi connectivity index (χ0) is 13.4. The van der Waals surface area contributed by atoms with Crippen LogP contribution < -0.4 is 0 Å². The maximum atomic E-state index is 12.1. The molecule has 1 rings (SSSR count). The third kappa shape index (κ3) is 5.29. The molecular formula is C14H20BrNO2. The minimum Gasteiger partial charge on any atom is -0.380 e. The first-order chi connectivity index (χ1) is 8.67. The van der Waals surface area contributed by atoms with Crippen LogP contribution in [0.3, 0.4) is 0 Å². The molecule has 100 valence electrons. The van der Waals surface area contributed by atoms with Gasteiger partial charge in [0.1, 0.15) is 0 Å². The predicted molar refractivity (Wildman–Crippen MR) is 77.1 cm³/mol. The Bertz CT molecular complexity index is 382. The van der Waals surface area contributed by atoms with Gasteiger partial charge >= 0.3 is 0 Å². The second-order valence-electron chi connectivity index (χ2n) is 4.00. The lowest BCUT2D eigenvalue weighted by molar-refractivity contribution is 0.0867. The van der Waals surface area contributed by atoms with Crippen molar-refractivity contribution in [1.29, 1.82) is 0 Å². The summed E-state index contributed by atoms with van der Waals surface area (Å²) in [6.07, 6.45) is 0. The van der Waals surface area contributed by atoms with Gasteiger partial charge in [-0.15, -0.1) is 0 Å². The van der Waals surface area contributed by atoms with Crippen LogP contribution in [-0.2, 0) is 4.74 Å². The molecule has 0 saturated carbocycles. The molecule has 0 N–H and O–H groups in total. The smallest absolute Gasteiger partial charge is 0.176 e. The molecule has 0 radical (unpaired) electrons. The molecule has 0 spiro atoms. The summed E-state index contributed by atoms with van der Waals surface area (Å²) < 4.78 is 6.25. The Kier molecular flexibility index (Phi) is 7.16. The molecule has 0 bridgehead atoms. The van der Waals surface area contributed by atoms with Gasteiger partial charge < -0.3 is 4.74 Å². The SMILES string of the molecule is CCOCCN(CC)CC(=O)c1cccc(Br)c1. The summed E-state index contributed by atoms with van der Waals surface area (Å²) in [5.74, 6) is 0.148. The van der Waals surface area contributed by atoms with E-state index in [0.717, 1.165) is 29.7 Å². The Balaban J connectivity index is 2.51. The summed E-state index contributed by atoms with van der Waals surface area (Å²) in [6.45, 7) is 7.52. The predicted octanol–water partition coefficient (Wildman–Crippen LogP) is 2.99. The average Bonchev–Trinajstić information content (AvgIpc) is 2.37. The summed E-state index contributed by atoms with van der Waals surface area (Å²) in [6, 6.07) is 7.51. The fraction of sp³-hybridized carbons (Fsp3) is 0.500. The van der Waals surface area contributed by atoms with Crippen LogP contribution in [0.2, 0.25) is 0 Å². The molecule has 0 atom stereocenters. The molecule has 1 aromatic rings. The molecule has 0 saturated heterocycles. The fourth-order valence-corrected chi connectivity index (χ4v) is 2.04. The van der Waals surface area contributed by atoms with Crippen molar-refractivity contribution >= 4 is 21.7 Å². The normalized spacial score (nSPS) is 10.9. The maximum absolute atomic E-state index is 12.1. The van der Waals surface area contributed by atoms with Crippen LogP contribution in [-0.4, -0.2) is 43.5 Å². The highest BCUT2D eigenvalue weighted by Crippen LogP contribution is 2.12. The average molecular weight is 314 g/mol. The number of likely N-dealkylation sites (N-methyl/N-ethyl adjacent to an activating group) is 1. The first kappa shape index (κ1) is 15.3. The van der Waals surface area contributed by atoms with Crippen LogP contribution >= 0.6 is 15.9 Å². The second-order valence-corrected chi connectivity index (χ2v) is 4.91. The molecule has 0 aliphatic rings. The first-order valence-corrected chi connectivity index (χ1v) is 7.05. The van der Waals surface area contributed by atoms with Crippen molar-refractivity contribution in [3.05, 3.63) is 34.3 Å². The standard InChI is InChI=1S/C14H20BrNO2/c1-3-16(8-9-18-4-2)11-14(17)12-6-5-7-13(15)10-12/h5-7,10H,3-4,8-9,11H2,1-2H3. The van der Waals surface area contributed by atoms with E-state index < -0.39 is 0 Å². The van der Waals surface area contributed by atoms with Crippen LogP contribution in [0.1, 0.15) is 24.2 Å². The highest BCUT2D eigenvalue weighted by molar-refractivity contribution is 9.10.